The summed E-state index contributed by atoms with van der Waals surface area (Å²) in [7, 11) is 0. The lowest BCUT2D eigenvalue weighted by Gasteiger charge is -2.27. The Hall–Kier alpha value is -0.910. The minimum Gasteiger partial charge on any atom is -0.314 e. The van der Waals surface area contributed by atoms with Crippen LogP contribution in [0.5, 0.6) is 0 Å². The van der Waals surface area contributed by atoms with Crippen molar-refractivity contribution >= 4 is 26.8 Å². The van der Waals surface area contributed by atoms with E-state index in [1.54, 1.807) is 0 Å². The number of H-pyrrole nitrogens is 1. The molecule has 0 radical (unpaired) electrons. The fraction of sp³-hybridized carbons (Fsp3) is 0.417. The molecule has 0 spiro atoms. The molecule has 1 fully saturated rings. The lowest BCUT2D eigenvalue weighted by Crippen LogP contribution is -2.42. The minimum atomic E-state index is 0.967. The summed E-state index contributed by atoms with van der Waals surface area (Å²) in [6, 6.07) is 6.46. The highest BCUT2D eigenvalue weighted by Crippen LogP contribution is 2.22. The van der Waals surface area contributed by atoms with Crippen LogP contribution in [0, 0.1) is 0 Å². The van der Waals surface area contributed by atoms with Crippen molar-refractivity contribution in [3.05, 3.63) is 28.4 Å². The third kappa shape index (κ3) is 2.36. The van der Waals surface area contributed by atoms with E-state index in [4.69, 9.17) is 0 Å². The minimum absolute atomic E-state index is 0.967. The zero-order valence-corrected chi connectivity index (χ0v) is 11.1. The molecular weight excluding hydrogens is 280 g/mol. The molecule has 2 heterocycles. The summed E-state index contributed by atoms with van der Waals surface area (Å²) in [5.74, 6) is 0. The Balaban J connectivity index is 1.82. The fourth-order valence-corrected chi connectivity index (χ4v) is 2.66. The number of hydrogen-bond acceptors (Lipinski definition) is 3. The van der Waals surface area contributed by atoms with Crippen LogP contribution in [0.2, 0.25) is 0 Å². The first-order chi connectivity index (χ1) is 8.33. The molecule has 4 nitrogen and oxygen atoms in total. The maximum absolute atomic E-state index is 4.21. The number of piperazine rings is 1. The molecule has 0 bridgehead atoms. The van der Waals surface area contributed by atoms with Gasteiger partial charge in [0.1, 0.15) is 4.60 Å². The van der Waals surface area contributed by atoms with E-state index < -0.39 is 0 Å². The average molecular weight is 295 g/mol. The van der Waals surface area contributed by atoms with Gasteiger partial charge in [-0.15, -0.1) is 0 Å². The van der Waals surface area contributed by atoms with Gasteiger partial charge in [-0.3, -0.25) is 10.00 Å². The van der Waals surface area contributed by atoms with Crippen molar-refractivity contribution in [3.8, 4) is 0 Å². The standard InChI is InChI=1S/C12H15BrN4/c13-12-10-7-9(1-2-11(10)15-16-12)8-17-5-3-14-4-6-17/h1-2,7,14H,3-6,8H2,(H,15,16). The zero-order valence-electron chi connectivity index (χ0n) is 9.54. The van der Waals surface area contributed by atoms with E-state index in [0.717, 1.165) is 48.2 Å². The van der Waals surface area contributed by atoms with E-state index in [1.807, 2.05) is 0 Å². The van der Waals surface area contributed by atoms with Crippen molar-refractivity contribution in [2.45, 2.75) is 6.54 Å². The molecular formula is C12H15BrN4. The lowest BCUT2D eigenvalue weighted by atomic mass is 10.1. The largest absolute Gasteiger partial charge is 0.314 e. The highest BCUT2D eigenvalue weighted by atomic mass is 79.9. The number of rotatable bonds is 2. The number of benzene rings is 1. The van der Waals surface area contributed by atoms with Crippen LogP contribution in [0.15, 0.2) is 22.8 Å². The van der Waals surface area contributed by atoms with Crippen LogP contribution in [-0.2, 0) is 6.54 Å². The fourth-order valence-electron chi connectivity index (χ4n) is 2.25. The second-order valence-corrected chi connectivity index (χ2v) is 5.21. The van der Waals surface area contributed by atoms with Gasteiger partial charge in [0.05, 0.1) is 5.52 Å². The maximum Gasteiger partial charge on any atom is 0.108 e. The van der Waals surface area contributed by atoms with Gasteiger partial charge in [0.15, 0.2) is 0 Å². The number of nitrogens with one attached hydrogen (secondary N) is 2. The molecule has 3 rings (SSSR count). The van der Waals surface area contributed by atoms with Crippen LogP contribution in [-0.4, -0.2) is 41.3 Å². The first kappa shape index (κ1) is 11.2. The van der Waals surface area contributed by atoms with E-state index in [1.165, 1.54) is 5.56 Å². The van der Waals surface area contributed by atoms with Crippen LogP contribution >= 0.6 is 15.9 Å². The first-order valence-corrected chi connectivity index (χ1v) is 6.68. The molecule has 2 N–H and O–H groups in total. The Morgan fingerprint density at radius 3 is 2.94 bits per heavy atom. The molecule has 0 unspecified atom stereocenters. The summed E-state index contributed by atoms with van der Waals surface area (Å²) in [4.78, 5) is 2.48. The van der Waals surface area contributed by atoms with Gasteiger partial charge in [-0.1, -0.05) is 6.07 Å². The summed E-state index contributed by atoms with van der Waals surface area (Å²) in [6.45, 7) is 5.47. The normalized spacial score (nSPS) is 17.7. The molecule has 1 aliphatic heterocycles. The average Bonchev–Trinajstić information content (AvgIpc) is 2.73. The van der Waals surface area contributed by atoms with E-state index in [2.05, 4.69) is 54.5 Å². The zero-order chi connectivity index (χ0) is 11.7. The molecule has 90 valence electrons. The SMILES string of the molecule is Brc1[nH]nc2ccc(CN3CCNCC3)cc12. The Kier molecular flexibility index (Phi) is 3.13. The van der Waals surface area contributed by atoms with Gasteiger partial charge in [-0.25, -0.2) is 0 Å². The Morgan fingerprint density at radius 1 is 1.29 bits per heavy atom. The molecule has 0 amide bonds. The molecule has 0 aliphatic carbocycles. The molecule has 2 aromatic rings. The van der Waals surface area contributed by atoms with E-state index >= 15 is 0 Å². The molecule has 1 aromatic carbocycles. The molecule has 5 heteroatoms. The van der Waals surface area contributed by atoms with Gasteiger partial charge in [0, 0.05) is 38.1 Å². The van der Waals surface area contributed by atoms with Gasteiger partial charge in [-0.05, 0) is 33.6 Å². The lowest BCUT2D eigenvalue weighted by molar-refractivity contribution is 0.233. The number of halogens is 1. The van der Waals surface area contributed by atoms with Crippen LogP contribution < -0.4 is 5.32 Å². The van der Waals surface area contributed by atoms with Crippen LogP contribution in [0.25, 0.3) is 10.9 Å². The van der Waals surface area contributed by atoms with Gasteiger partial charge in [0.25, 0.3) is 0 Å². The maximum atomic E-state index is 4.21. The second kappa shape index (κ2) is 4.76. The van der Waals surface area contributed by atoms with Crippen molar-refractivity contribution < 1.29 is 0 Å². The van der Waals surface area contributed by atoms with E-state index in [0.29, 0.717) is 0 Å². The number of aromatic amines is 1. The van der Waals surface area contributed by atoms with Crippen LogP contribution in [0.1, 0.15) is 5.56 Å². The predicted molar refractivity (Wildman–Crippen MR) is 71.9 cm³/mol. The van der Waals surface area contributed by atoms with Crippen LogP contribution in [0.3, 0.4) is 0 Å². The topological polar surface area (TPSA) is 44.0 Å². The monoisotopic (exact) mass is 294 g/mol. The Morgan fingerprint density at radius 2 is 2.12 bits per heavy atom. The first-order valence-electron chi connectivity index (χ1n) is 5.88. The summed E-state index contributed by atoms with van der Waals surface area (Å²) in [6.07, 6.45) is 0. The molecule has 1 saturated heterocycles. The van der Waals surface area contributed by atoms with Crippen molar-refractivity contribution in [2.75, 3.05) is 26.2 Å². The Bertz CT molecular complexity index is 516. The molecule has 17 heavy (non-hydrogen) atoms. The van der Waals surface area contributed by atoms with Crippen molar-refractivity contribution in [3.63, 3.8) is 0 Å². The van der Waals surface area contributed by atoms with Crippen LogP contribution in [0.4, 0.5) is 0 Å². The van der Waals surface area contributed by atoms with Gasteiger partial charge in [0.2, 0.25) is 0 Å². The number of hydrogen-bond donors (Lipinski definition) is 2. The second-order valence-electron chi connectivity index (χ2n) is 4.42. The Labute approximate surface area is 109 Å². The number of aromatic nitrogens is 2. The van der Waals surface area contributed by atoms with Gasteiger partial charge in [-0.2, -0.15) is 5.10 Å². The molecule has 0 atom stereocenters. The summed E-state index contributed by atoms with van der Waals surface area (Å²) < 4.78 is 0.967. The molecule has 0 saturated carbocycles. The van der Waals surface area contributed by atoms with E-state index in [-0.39, 0.29) is 0 Å². The highest BCUT2D eigenvalue weighted by molar-refractivity contribution is 9.10. The summed E-state index contributed by atoms with van der Waals surface area (Å²) >= 11 is 3.48. The summed E-state index contributed by atoms with van der Waals surface area (Å²) in [5.41, 5.74) is 2.36. The van der Waals surface area contributed by atoms with Crippen molar-refractivity contribution in [2.24, 2.45) is 0 Å². The molecule has 1 aromatic heterocycles. The van der Waals surface area contributed by atoms with Crippen molar-refractivity contribution in [1.29, 1.82) is 0 Å². The predicted octanol–water partition coefficient (Wildman–Crippen LogP) is 1.73. The molecule has 1 aliphatic rings. The van der Waals surface area contributed by atoms with Crippen molar-refractivity contribution in [1.82, 2.24) is 20.4 Å². The third-order valence-electron chi connectivity index (χ3n) is 3.19. The van der Waals surface area contributed by atoms with Gasteiger partial charge < -0.3 is 5.32 Å². The van der Waals surface area contributed by atoms with E-state index in [9.17, 15) is 0 Å². The summed E-state index contributed by atoms with van der Waals surface area (Å²) in [5, 5.41) is 11.7. The quantitative estimate of drug-likeness (QED) is 0.887. The third-order valence-corrected chi connectivity index (χ3v) is 3.79. The number of nitrogens with zero attached hydrogens (tertiary/aromatic N) is 2. The number of fused-ring (bicyclic) bond motifs is 1. The smallest absolute Gasteiger partial charge is 0.108 e. The highest BCUT2D eigenvalue weighted by Gasteiger charge is 2.11. The van der Waals surface area contributed by atoms with Gasteiger partial charge >= 0.3 is 0 Å².